The third kappa shape index (κ3) is 6.40. The first-order valence-corrected chi connectivity index (χ1v) is 11.5. The maximum absolute atomic E-state index is 12.9. The predicted molar refractivity (Wildman–Crippen MR) is 136 cm³/mol. The molecule has 0 aliphatic carbocycles. The molecule has 0 saturated carbocycles. The fraction of sp³-hybridized carbons (Fsp3) is 0.120. The second kappa shape index (κ2) is 11.5. The van der Waals surface area contributed by atoms with E-state index in [9.17, 15) is 29.3 Å². The van der Waals surface area contributed by atoms with Gasteiger partial charge >= 0.3 is 12.0 Å². The Balaban J connectivity index is 1.51. The number of nitrogens with zero attached hydrogens (tertiary/aromatic N) is 2. The molecule has 1 fully saturated rings. The minimum Gasteiger partial charge on any atom is -0.483 e. The highest BCUT2D eigenvalue weighted by molar-refractivity contribution is 6.30. The number of amides is 4. The van der Waals surface area contributed by atoms with Crippen LogP contribution in [0.25, 0.3) is 6.08 Å². The lowest BCUT2D eigenvalue weighted by molar-refractivity contribution is -0.384. The number of carbonyl (C=O) groups excluding carboxylic acids is 4. The van der Waals surface area contributed by atoms with Crippen molar-refractivity contribution in [3.63, 3.8) is 0 Å². The van der Waals surface area contributed by atoms with Gasteiger partial charge in [0, 0.05) is 28.4 Å². The van der Waals surface area contributed by atoms with E-state index in [2.05, 4.69) is 15.4 Å². The van der Waals surface area contributed by atoms with Crippen molar-refractivity contribution in [2.75, 3.05) is 19.0 Å². The molecule has 4 amide bonds. The van der Waals surface area contributed by atoms with Gasteiger partial charge in [-0.3, -0.25) is 24.6 Å². The van der Waals surface area contributed by atoms with E-state index in [0.717, 1.165) is 11.0 Å². The Kier molecular flexibility index (Phi) is 7.91. The van der Waals surface area contributed by atoms with E-state index in [1.807, 2.05) is 0 Å². The number of hydrogen-bond donors (Lipinski definition) is 2. The van der Waals surface area contributed by atoms with Crippen LogP contribution in [-0.2, 0) is 20.9 Å². The highest BCUT2D eigenvalue weighted by atomic mass is 35.5. The molecular formula is C25H19ClN4O9. The van der Waals surface area contributed by atoms with Crippen LogP contribution in [0, 0.1) is 10.1 Å². The van der Waals surface area contributed by atoms with Crippen LogP contribution >= 0.6 is 11.6 Å². The number of rotatable bonds is 9. The standard InChI is InChI=1S/C25H19ClN4O9/c1-37-24(33)21-9-7-18(39-21)12-29-23(32)19(28-25(29)34)11-14-10-17(30(35)36)6-8-20(14)38-13-22(31)27-16-4-2-15(26)3-5-16/h2-11H,12-13H2,1H3,(H,27,31)(H,28,34)/b19-11-. The predicted octanol–water partition coefficient (Wildman–Crippen LogP) is 3.74. The number of esters is 1. The summed E-state index contributed by atoms with van der Waals surface area (Å²) in [6, 6.07) is 11.9. The zero-order valence-corrected chi connectivity index (χ0v) is 20.9. The molecule has 1 aromatic heterocycles. The van der Waals surface area contributed by atoms with Gasteiger partial charge in [-0.1, -0.05) is 11.6 Å². The molecule has 13 nitrogen and oxygen atoms in total. The van der Waals surface area contributed by atoms with Gasteiger partial charge < -0.3 is 24.5 Å². The monoisotopic (exact) mass is 554 g/mol. The Morgan fingerprint density at radius 2 is 1.90 bits per heavy atom. The number of carbonyl (C=O) groups is 4. The SMILES string of the molecule is COC(=O)c1ccc(CN2C(=O)N/C(=C\c3cc([N+](=O)[O-])ccc3OCC(=O)Nc3ccc(Cl)cc3)C2=O)o1. The third-order valence-electron chi connectivity index (χ3n) is 5.32. The smallest absolute Gasteiger partial charge is 0.373 e. The molecule has 39 heavy (non-hydrogen) atoms. The average Bonchev–Trinajstić information content (AvgIpc) is 3.49. The third-order valence-corrected chi connectivity index (χ3v) is 5.57. The minimum atomic E-state index is -0.780. The van der Waals surface area contributed by atoms with Crippen molar-refractivity contribution >= 4 is 52.9 Å². The van der Waals surface area contributed by atoms with Crippen molar-refractivity contribution in [3.05, 3.63) is 92.5 Å². The molecule has 1 saturated heterocycles. The van der Waals surface area contributed by atoms with E-state index in [-0.39, 0.29) is 40.8 Å². The van der Waals surface area contributed by atoms with Crippen LogP contribution in [-0.4, -0.2) is 47.4 Å². The molecule has 1 aliphatic heterocycles. The zero-order valence-electron chi connectivity index (χ0n) is 20.1. The lowest BCUT2D eigenvalue weighted by atomic mass is 10.1. The molecule has 3 aromatic rings. The molecule has 4 rings (SSSR count). The number of urea groups is 1. The minimum absolute atomic E-state index is 0.0496. The number of nitrogens with one attached hydrogen (secondary N) is 2. The summed E-state index contributed by atoms with van der Waals surface area (Å²) in [5, 5.41) is 16.8. The Morgan fingerprint density at radius 3 is 2.59 bits per heavy atom. The molecular weight excluding hydrogens is 536 g/mol. The fourth-order valence-corrected chi connectivity index (χ4v) is 3.59. The number of nitro benzene ring substituents is 1. The number of halogens is 1. The lowest BCUT2D eigenvalue weighted by Crippen LogP contribution is -2.30. The molecule has 0 spiro atoms. The maximum Gasteiger partial charge on any atom is 0.373 e. The second-order valence-electron chi connectivity index (χ2n) is 7.96. The highest BCUT2D eigenvalue weighted by Gasteiger charge is 2.34. The number of ether oxygens (including phenoxy) is 2. The van der Waals surface area contributed by atoms with Crippen molar-refractivity contribution in [1.29, 1.82) is 0 Å². The van der Waals surface area contributed by atoms with Crippen molar-refractivity contribution in [3.8, 4) is 5.75 Å². The number of methoxy groups -OCH3 is 1. The summed E-state index contributed by atoms with van der Waals surface area (Å²) in [6.45, 7) is -0.744. The van der Waals surface area contributed by atoms with Crippen molar-refractivity contribution in [1.82, 2.24) is 10.2 Å². The topological polar surface area (TPSA) is 170 Å². The molecule has 14 heteroatoms. The van der Waals surface area contributed by atoms with Gasteiger partial charge in [0.15, 0.2) is 6.61 Å². The summed E-state index contributed by atoms with van der Waals surface area (Å²) in [4.78, 5) is 60.8. The fourth-order valence-electron chi connectivity index (χ4n) is 3.47. The number of hydrogen-bond acceptors (Lipinski definition) is 9. The van der Waals surface area contributed by atoms with Gasteiger partial charge in [-0.15, -0.1) is 0 Å². The molecule has 1 aliphatic rings. The Bertz CT molecular complexity index is 1500. The summed E-state index contributed by atoms with van der Waals surface area (Å²) in [7, 11) is 1.18. The van der Waals surface area contributed by atoms with Gasteiger partial charge in [0.05, 0.1) is 18.6 Å². The summed E-state index contributed by atoms with van der Waals surface area (Å²) in [5.41, 5.74) is 0.0451. The van der Waals surface area contributed by atoms with E-state index in [4.69, 9.17) is 20.8 Å². The van der Waals surface area contributed by atoms with Crippen LogP contribution in [0.1, 0.15) is 21.9 Å². The van der Waals surface area contributed by atoms with E-state index >= 15 is 0 Å². The van der Waals surface area contributed by atoms with Gasteiger partial charge in [-0.2, -0.15) is 0 Å². The van der Waals surface area contributed by atoms with Crippen LogP contribution in [0.3, 0.4) is 0 Å². The number of nitro groups is 1. The molecule has 2 N–H and O–H groups in total. The van der Waals surface area contributed by atoms with Gasteiger partial charge in [0.1, 0.15) is 17.2 Å². The Labute approximate surface area is 225 Å². The maximum atomic E-state index is 12.9. The van der Waals surface area contributed by atoms with Gasteiger partial charge in [0.25, 0.3) is 17.5 Å². The van der Waals surface area contributed by atoms with E-state index in [0.29, 0.717) is 10.7 Å². The molecule has 2 heterocycles. The molecule has 0 radical (unpaired) electrons. The van der Waals surface area contributed by atoms with Crippen LogP contribution in [0.2, 0.25) is 5.02 Å². The molecule has 2 aromatic carbocycles. The van der Waals surface area contributed by atoms with Crippen LogP contribution in [0.15, 0.2) is 64.7 Å². The first-order valence-electron chi connectivity index (χ1n) is 11.1. The quantitative estimate of drug-likeness (QED) is 0.131. The number of non-ortho nitro benzene ring substituents is 1. The van der Waals surface area contributed by atoms with Crippen molar-refractivity contribution in [2.24, 2.45) is 0 Å². The number of furan rings is 1. The van der Waals surface area contributed by atoms with Crippen LogP contribution in [0.5, 0.6) is 5.75 Å². The molecule has 0 bridgehead atoms. The van der Waals surface area contributed by atoms with E-state index in [1.165, 1.54) is 37.5 Å². The largest absolute Gasteiger partial charge is 0.483 e. The number of benzene rings is 2. The van der Waals surface area contributed by atoms with Crippen LogP contribution < -0.4 is 15.4 Å². The van der Waals surface area contributed by atoms with Gasteiger partial charge in [-0.05, 0) is 48.5 Å². The van der Waals surface area contributed by atoms with Crippen molar-refractivity contribution < 1.29 is 38.0 Å². The number of imide groups is 1. The second-order valence-corrected chi connectivity index (χ2v) is 8.40. The normalized spacial score (nSPS) is 13.8. The molecule has 0 unspecified atom stereocenters. The van der Waals surface area contributed by atoms with E-state index in [1.54, 1.807) is 24.3 Å². The summed E-state index contributed by atoms with van der Waals surface area (Å²) >= 11 is 5.83. The average molecular weight is 555 g/mol. The lowest BCUT2D eigenvalue weighted by Gasteiger charge is -2.11. The summed E-state index contributed by atoms with van der Waals surface area (Å²) in [5.74, 6) is -1.91. The summed E-state index contributed by atoms with van der Waals surface area (Å²) in [6.07, 6.45) is 1.20. The van der Waals surface area contributed by atoms with E-state index < -0.39 is 35.3 Å². The van der Waals surface area contributed by atoms with Gasteiger partial charge in [-0.25, -0.2) is 9.59 Å². The highest BCUT2D eigenvalue weighted by Crippen LogP contribution is 2.28. The van der Waals surface area contributed by atoms with Crippen molar-refractivity contribution in [2.45, 2.75) is 6.54 Å². The first kappa shape index (κ1) is 26.9. The Hall–Kier alpha value is -5.17. The Morgan fingerprint density at radius 1 is 1.15 bits per heavy atom. The molecule has 200 valence electrons. The van der Waals surface area contributed by atoms with Crippen LogP contribution in [0.4, 0.5) is 16.2 Å². The van der Waals surface area contributed by atoms with Gasteiger partial charge in [0.2, 0.25) is 5.76 Å². The number of anilines is 1. The zero-order chi connectivity index (χ0) is 28.1. The first-order chi connectivity index (χ1) is 18.6. The molecule has 0 atom stereocenters. The summed E-state index contributed by atoms with van der Waals surface area (Å²) < 4.78 is 15.4.